The van der Waals surface area contributed by atoms with Crippen LogP contribution in [-0.4, -0.2) is 26.8 Å². The molecule has 104 valence electrons. The van der Waals surface area contributed by atoms with E-state index in [0.717, 1.165) is 11.3 Å². The summed E-state index contributed by atoms with van der Waals surface area (Å²) in [5, 5.41) is 12.8. The van der Waals surface area contributed by atoms with E-state index < -0.39 is 5.97 Å². The molecular weight excluding hydrogens is 274 g/mol. The second-order valence-corrected chi connectivity index (χ2v) is 5.22. The lowest BCUT2D eigenvalue weighted by atomic mass is 10.2. The molecule has 20 heavy (non-hydrogen) atoms. The van der Waals surface area contributed by atoms with Crippen LogP contribution < -0.4 is 5.32 Å². The zero-order valence-electron chi connectivity index (χ0n) is 11.0. The molecule has 0 radical (unpaired) electrons. The third-order valence-corrected chi connectivity index (χ3v) is 3.32. The van der Waals surface area contributed by atoms with E-state index in [-0.39, 0.29) is 5.56 Å². The first kappa shape index (κ1) is 14.3. The molecule has 0 saturated heterocycles. The van der Waals surface area contributed by atoms with Gasteiger partial charge in [0, 0.05) is 12.7 Å². The maximum atomic E-state index is 11.2. The van der Waals surface area contributed by atoms with E-state index in [9.17, 15) is 4.79 Å². The van der Waals surface area contributed by atoms with Gasteiger partial charge in [-0.3, -0.25) is 0 Å². The number of thioether (sulfide) groups is 1. The van der Waals surface area contributed by atoms with E-state index in [1.807, 2.05) is 37.3 Å². The van der Waals surface area contributed by atoms with Gasteiger partial charge in [0.15, 0.2) is 5.16 Å². The van der Waals surface area contributed by atoms with Crippen LogP contribution in [0.3, 0.4) is 0 Å². The van der Waals surface area contributed by atoms with Crippen LogP contribution in [0.2, 0.25) is 0 Å². The lowest BCUT2D eigenvalue weighted by Gasteiger charge is -2.09. The average molecular weight is 289 g/mol. The van der Waals surface area contributed by atoms with Gasteiger partial charge >= 0.3 is 5.97 Å². The normalized spacial score (nSPS) is 10.2. The molecule has 2 N–H and O–H groups in total. The molecule has 0 fully saturated rings. The number of anilines is 1. The molecule has 0 aliphatic rings. The van der Waals surface area contributed by atoms with Crippen LogP contribution in [0.1, 0.15) is 22.8 Å². The average Bonchev–Trinajstić information content (AvgIpc) is 2.46. The Morgan fingerprint density at radius 2 is 2.10 bits per heavy atom. The molecular formula is C14H15N3O2S. The van der Waals surface area contributed by atoms with Crippen molar-refractivity contribution in [3.05, 3.63) is 47.7 Å². The molecule has 0 unspecified atom stereocenters. The van der Waals surface area contributed by atoms with Crippen molar-refractivity contribution < 1.29 is 9.90 Å². The topological polar surface area (TPSA) is 75.1 Å². The minimum atomic E-state index is -1.03. The summed E-state index contributed by atoms with van der Waals surface area (Å²) in [5.41, 5.74) is 1.15. The highest BCUT2D eigenvalue weighted by Gasteiger charge is 2.13. The third kappa shape index (κ3) is 3.71. The number of rotatable bonds is 6. The van der Waals surface area contributed by atoms with Crippen molar-refractivity contribution in [1.29, 1.82) is 0 Å². The molecule has 0 atom stereocenters. The predicted octanol–water partition coefficient (Wildman–Crippen LogP) is 2.90. The summed E-state index contributed by atoms with van der Waals surface area (Å²) in [5.74, 6) is 0.158. The second kappa shape index (κ2) is 6.91. The maximum absolute atomic E-state index is 11.2. The third-order valence-electron chi connectivity index (χ3n) is 2.57. The van der Waals surface area contributed by atoms with Crippen molar-refractivity contribution in [3.63, 3.8) is 0 Å². The number of nitrogens with zero attached hydrogens (tertiary/aromatic N) is 2. The minimum Gasteiger partial charge on any atom is -0.477 e. The molecule has 0 aliphatic heterocycles. The Morgan fingerprint density at radius 1 is 1.35 bits per heavy atom. The van der Waals surface area contributed by atoms with Gasteiger partial charge in [-0.25, -0.2) is 14.8 Å². The Bertz CT molecular complexity index is 590. The summed E-state index contributed by atoms with van der Waals surface area (Å²) in [7, 11) is 0. The number of nitrogens with one attached hydrogen (secondary N) is 1. The zero-order valence-corrected chi connectivity index (χ0v) is 11.9. The smallest absolute Gasteiger partial charge is 0.341 e. The minimum absolute atomic E-state index is 0.0846. The molecule has 0 saturated carbocycles. The molecule has 1 heterocycles. The number of carbonyl (C=O) groups is 1. The van der Waals surface area contributed by atoms with Crippen LogP contribution >= 0.6 is 11.8 Å². The number of carboxylic acid groups (broad SMARTS) is 1. The first-order chi connectivity index (χ1) is 9.70. The number of hydrogen-bond donors (Lipinski definition) is 2. The molecule has 6 heteroatoms. The van der Waals surface area contributed by atoms with Gasteiger partial charge in [-0.05, 0) is 11.3 Å². The Labute approximate surface area is 121 Å². The van der Waals surface area contributed by atoms with E-state index in [1.165, 1.54) is 18.0 Å². The zero-order chi connectivity index (χ0) is 14.4. The standard InChI is InChI=1S/C14H15N3O2S/c1-2-20-14-16-9-11(13(18)19)12(17-14)15-8-10-6-4-3-5-7-10/h3-7,9H,2,8H2,1H3,(H,18,19)(H,15,16,17). The van der Waals surface area contributed by atoms with Crippen LogP contribution in [-0.2, 0) is 6.54 Å². The predicted molar refractivity (Wildman–Crippen MR) is 79.2 cm³/mol. The van der Waals surface area contributed by atoms with E-state index in [4.69, 9.17) is 5.11 Å². The largest absolute Gasteiger partial charge is 0.477 e. The van der Waals surface area contributed by atoms with Gasteiger partial charge in [-0.2, -0.15) is 0 Å². The van der Waals surface area contributed by atoms with Crippen molar-refractivity contribution in [2.75, 3.05) is 11.1 Å². The van der Waals surface area contributed by atoms with Gasteiger partial charge < -0.3 is 10.4 Å². The van der Waals surface area contributed by atoms with Gasteiger partial charge in [0.2, 0.25) is 0 Å². The maximum Gasteiger partial charge on any atom is 0.341 e. The molecule has 0 amide bonds. The van der Waals surface area contributed by atoms with E-state index >= 15 is 0 Å². The monoisotopic (exact) mass is 289 g/mol. The van der Waals surface area contributed by atoms with Crippen molar-refractivity contribution in [2.24, 2.45) is 0 Å². The summed E-state index contributed by atoms with van der Waals surface area (Å²) < 4.78 is 0. The molecule has 2 rings (SSSR count). The Balaban J connectivity index is 2.19. The molecule has 1 aromatic carbocycles. The quantitative estimate of drug-likeness (QED) is 0.629. The van der Waals surface area contributed by atoms with E-state index in [1.54, 1.807) is 0 Å². The summed E-state index contributed by atoms with van der Waals surface area (Å²) >= 11 is 1.48. The molecule has 0 bridgehead atoms. The van der Waals surface area contributed by atoms with Crippen molar-refractivity contribution in [2.45, 2.75) is 18.6 Å². The van der Waals surface area contributed by atoms with E-state index in [0.29, 0.717) is 17.5 Å². The number of carboxylic acids is 1. The van der Waals surface area contributed by atoms with Crippen molar-refractivity contribution in [1.82, 2.24) is 9.97 Å². The fraction of sp³-hybridized carbons (Fsp3) is 0.214. The molecule has 1 aromatic heterocycles. The fourth-order valence-electron chi connectivity index (χ4n) is 1.64. The summed E-state index contributed by atoms with van der Waals surface area (Å²) in [6.45, 7) is 2.52. The number of aromatic nitrogens is 2. The first-order valence-electron chi connectivity index (χ1n) is 6.21. The van der Waals surface area contributed by atoms with Crippen molar-refractivity contribution in [3.8, 4) is 0 Å². The van der Waals surface area contributed by atoms with Crippen LogP contribution in [0.15, 0.2) is 41.7 Å². The van der Waals surface area contributed by atoms with Crippen LogP contribution in [0.5, 0.6) is 0 Å². The highest BCUT2D eigenvalue weighted by atomic mass is 32.2. The van der Waals surface area contributed by atoms with Gasteiger partial charge in [-0.1, -0.05) is 49.0 Å². The Kier molecular flexibility index (Phi) is 4.95. The molecule has 0 aliphatic carbocycles. The highest BCUT2D eigenvalue weighted by molar-refractivity contribution is 7.99. The Morgan fingerprint density at radius 3 is 2.75 bits per heavy atom. The second-order valence-electron chi connectivity index (χ2n) is 3.99. The van der Waals surface area contributed by atoms with Gasteiger partial charge in [0.1, 0.15) is 11.4 Å². The number of aromatic carboxylic acids is 1. The molecule has 5 nitrogen and oxygen atoms in total. The van der Waals surface area contributed by atoms with Gasteiger partial charge in [0.05, 0.1) is 0 Å². The highest BCUT2D eigenvalue weighted by Crippen LogP contribution is 2.18. The lowest BCUT2D eigenvalue weighted by molar-refractivity contribution is 0.0697. The summed E-state index contributed by atoms with van der Waals surface area (Å²) in [4.78, 5) is 19.5. The summed E-state index contributed by atoms with van der Waals surface area (Å²) in [6.07, 6.45) is 1.35. The van der Waals surface area contributed by atoms with Gasteiger partial charge in [-0.15, -0.1) is 0 Å². The van der Waals surface area contributed by atoms with Crippen LogP contribution in [0.4, 0.5) is 5.82 Å². The summed E-state index contributed by atoms with van der Waals surface area (Å²) in [6, 6.07) is 9.75. The van der Waals surface area contributed by atoms with Gasteiger partial charge in [0.25, 0.3) is 0 Å². The SMILES string of the molecule is CCSc1ncc(C(=O)O)c(NCc2ccccc2)n1. The first-order valence-corrected chi connectivity index (χ1v) is 7.20. The van der Waals surface area contributed by atoms with Crippen LogP contribution in [0.25, 0.3) is 0 Å². The molecule has 2 aromatic rings. The van der Waals surface area contributed by atoms with Crippen molar-refractivity contribution >= 4 is 23.5 Å². The Hall–Kier alpha value is -2.08. The molecule has 0 spiro atoms. The van der Waals surface area contributed by atoms with E-state index in [2.05, 4.69) is 15.3 Å². The van der Waals surface area contributed by atoms with Crippen LogP contribution in [0, 0.1) is 0 Å². The number of benzene rings is 1. The lowest BCUT2D eigenvalue weighted by Crippen LogP contribution is -2.10. The fourth-order valence-corrected chi connectivity index (χ4v) is 2.18. The number of hydrogen-bond acceptors (Lipinski definition) is 5.